The van der Waals surface area contributed by atoms with E-state index in [0.29, 0.717) is 12.0 Å². The second kappa shape index (κ2) is 4.14. The van der Waals surface area contributed by atoms with Gasteiger partial charge in [0.2, 0.25) is 0 Å². The van der Waals surface area contributed by atoms with Gasteiger partial charge >= 0.3 is 0 Å². The van der Waals surface area contributed by atoms with Gasteiger partial charge in [-0.1, -0.05) is 11.6 Å². The second-order valence-electron chi connectivity index (χ2n) is 4.46. The molecule has 1 aromatic carbocycles. The van der Waals surface area contributed by atoms with Gasteiger partial charge in [-0.05, 0) is 24.6 Å². The normalized spacial score (nSPS) is 10.9. The first kappa shape index (κ1) is 10.8. The molecule has 4 heteroatoms. The molecule has 0 fully saturated rings. The first-order valence-corrected chi connectivity index (χ1v) is 5.82. The number of hydrogen-bond donors (Lipinski definition) is 2. The molecule has 0 amide bonds. The fourth-order valence-corrected chi connectivity index (χ4v) is 2.19. The number of nitrogens with zero attached hydrogens (tertiary/aromatic N) is 1. The fourth-order valence-electron chi connectivity index (χ4n) is 2.19. The Bertz CT molecular complexity index is 709. The summed E-state index contributed by atoms with van der Waals surface area (Å²) >= 11 is 0. The average molecular weight is 239 g/mol. The highest BCUT2D eigenvalue weighted by Gasteiger charge is 2.09. The third-order valence-corrected chi connectivity index (χ3v) is 3.17. The van der Waals surface area contributed by atoms with E-state index in [1.54, 1.807) is 6.20 Å². The van der Waals surface area contributed by atoms with Crippen molar-refractivity contribution in [2.24, 2.45) is 0 Å². The van der Waals surface area contributed by atoms with E-state index in [2.05, 4.69) is 40.3 Å². The van der Waals surface area contributed by atoms with Gasteiger partial charge in [0.15, 0.2) is 6.29 Å². The maximum Gasteiger partial charge on any atom is 0.153 e. The Labute approximate surface area is 104 Å². The number of hydrogen-bond acceptors (Lipinski definition) is 2. The third-order valence-electron chi connectivity index (χ3n) is 3.17. The van der Waals surface area contributed by atoms with E-state index in [1.807, 2.05) is 6.20 Å². The molecule has 2 aromatic heterocycles. The highest BCUT2D eigenvalue weighted by atomic mass is 16.1. The van der Waals surface area contributed by atoms with Gasteiger partial charge in [-0.25, -0.2) is 0 Å². The van der Waals surface area contributed by atoms with Crippen LogP contribution in [0, 0.1) is 6.92 Å². The van der Waals surface area contributed by atoms with E-state index in [0.717, 1.165) is 17.5 Å². The molecule has 2 N–H and O–H groups in total. The Hall–Kier alpha value is -2.36. The Morgan fingerprint density at radius 3 is 3.11 bits per heavy atom. The highest BCUT2D eigenvalue weighted by Crippen LogP contribution is 2.22. The number of carbonyl (C=O) groups excluding carboxylic acids is 1. The number of aryl methyl sites for hydroxylation is 1. The molecular formula is C14H13N3O. The van der Waals surface area contributed by atoms with Crippen molar-refractivity contribution in [3.63, 3.8) is 0 Å². The molecule has 18 heavy (non-hydrogen) atoms. The van der Waals surface area contributed by atoms with Crippen LogP contribution in [0.5, 0.6) is 0 Å². The number of fused-ring (bicyclic) bond motifs is 1. The van der Waals surface area contributed by atoms with Crippen molar-refractivity contribution in [1.82, 2.24) is 15.2 Å². The Morgan fingerprint density at radius 1 is 1.39 bits per heavy atom. The lowest BCUT2D eigenvalue weighted by molar-refractivity contribution is 0.112. The fraction of sp³-hybridized carbons (Fsp3) is 0.143. The van der Waals surface area contributed by atoms with Gasteiger partial charge in [0, 0.05) is 23.5 Å². The van der Waals surface area contributed by atoms with Crippen LogP contribution in [0.3, 0.4) is 0 Å². The summed E-state index contributed by atoms with van der Waals surface area (Å²) in [4.78, 5) is 14.1. The largest absolute Gasteiger partial charge is 0.361 e. The number of aromatic nitrogens is 3. The number of benzene rings is 1. The van der Waals surface area contributed by atoms with Gasteiger partial charge in [0.1, 0.15) is 0 Å². The Balaban J connectivity index is 2.05. The summed E-state index contributed by atoms with van der Waals surface area (Å²) in [5.74, 6) is 0. The maximum atomic E-state index is 10.9. The van der Waals surface area contributed by atoms with E-state index >= 15 is 0 Å². The maximum absolute atomic E-state index is 10.9. The van der Waals surface area contributed by atoms with Gasteiger partial charge < -0.3 is 4.98 Å². The molecule has 0 unspecified atom stereocenters. The Morgan fingerprint density at radius 2 is 2.28 bits per heavy atom. The zero-order chi connectivity index (χ0) is 12.5. The van der Waals surface area contributed by atoms with E-state index < -0.39 is 0 Å². The van der Waals surface area contributed by atoms with Gasteiger partial charge in [-0.2, -0.15) is 5.10 Å². The molecule has 3 aromatic rings. The molecular weight excluding hydrogens is 226 g/mol. The van der Waals surface area contributed by atoms with Crippen LogP contribution in [0.1, 0.15) is 27.2 Å². The Kier molecular flexibility index (Phi) is 2.48. The molecule has 90 valence electrons. The SMILES string of the molecule is Cc1ccc2[nH]cc(Cc3[nH]ncc3C=O)c2c1. The quantitative estimate of drug-likeness (QED) is 0.690. The molecule has 0 atom stereocenters. The van der Waals surface area contributed by atoms with Crippen molar-refractivity contribution in [3.05, 3.63) is 53.0 Å². The number of nitrogens with one attached hydrogen (secondary N) is 2. The van der Waals surface area contributed by atoms with Crippen LogP contribution in [-0.2, 0) is 6.42 Å². The summed E-state index contributed by atoms with van der Waals surface area (Å²) in [6.07, 6.45) is 5.05. The molecule has 0 spiro atoms. The first-order valence-electron chi connectivity index (χ1n) is 5.82. The predicted molar refractivity (Wildman–Crippen MR) is 69.8 cm³/mol. The van der Waals surface area contributed by atoms with Crippen molar-refractivity contribution < 1.29 is 4.79 Å². The molecule has 0 saturated heterocycles. The van der Waals surface area contributed by atoms with Gasteiger partial charge in [0.05, 0.1) is 17.5 Å². The average Bonchev–Trinajstić information content (AvgIpc) is 2.97. The lowest BCUT2D eigenvalue weighted by Gasteiger charge is -1.99. The van der Waals surface area contributed by atoms with Crippen LogP contribution in [0.25, 0.3) is 10.9 Å². The highest BCUT2D eigenvalue weighted by molar-refractivity contribution is 5.84. The van der Waals surface area contributed by atoms with Crippen LogP contribution >= 0.6 is 0 Å². The summed E-state index contributed by atoms with van der Waals surface area (Å²) in [7, 11) is 0. The number of rotatable bonds is 3. The topological polar surface area (TPSA) is 61.5 Å². The van der Waals surface area contributed by atoms with Gasteiger partial charge in [0.25, 0.3) is 0 Å². The van der Waals surface area contributed by atoms with E-state index in [4.69, 9.17) is 0 Å². The molecule has 0 saturated carbocycles. The zero-order valence-electron chi connectivity index (χ0n) is 10.0. The van der Waals surface area contributed by atoms with Crippen molar-refractivity contribution in [2.75, 3.05) is 0 Å². The first-order chi connectivity index (χ1) is 8.78. The zero-order valence-corrected chi connectivity index (χ0v) is 10.0. The van der Waals surface area contributed by atoms with E-state index in [1.165, 1.54) is 16.5 Å². The molecule has 0 aliphatic rings. The summed E-state index contributed by atoms with van der Waals surface area (Å²) in [6, 6.07) is 6.30. The third kappa shape index (κ3) is 1.72. The van der Waals surface area contributed by atoms with Gasteiger partial charge in [-0.3, -0.25) is 9.89 Å². The molecule has 0 aliphatic heterocycles. The van der Waals surface area contributed by atoms with Gasteiger partial charge in [-0.15, -0.1) is 0 Å². The van der Waals surface area contributed by atoms with Crippen molar-refractivity contribution in [2.45, 2.75) is 13.3 Å². The molecule has 2 heterocycles. The minimum atomic E-state index is 0.622. The van der Waals surface area contributed by atoms with Crippen LogP contribution in [0.15, 0.2) is 30.6 Å². The van der Waals surface area contributed by atoms with E-state index in [9.17, 15) is 4.79 Å². The van der Waals surface area contributed by atoms with Crippen LogP contribution in [0.4, 0.5) is 0 Å². The smallest absolute Gasteiger partial charge is 0.153 e. The summed E-state index contributed by atoms with van der Waals surface area (Å²) in [5.41, 5.74) is 4.98. The lowest BCUT2D eigenvalue weighted by Crippen LogP contribution is -1.92. The molecule has 0 radical (unpaired) electrons. The number of aromatic amines is 2. The predicted octanol–water partition coefficient (Wildman–Crippen LogP) is 2.60. The van der Waals surface area contributed by atoms with Crippen molar-refractivity contribution in [3.8, 4) is 0 Å². The number of aldehydes is 1. The minimum Gasteiger partial charge on any atom is -0.361 e. The molecule has 4 nitrogen and oxygen atoms in total. The molecule has 0 aliphatic carbocycles. The summed E-state index contributed by atoms with van der Waals surface area (Å²) < 4.78 is 0. The van der Waals surface area contributed by atoms with Crippen LogP contribution < -0.4 is 0 Å². The standard InChI is InChI=1S/C14H13N3O/c1-9-2-3-13-12(4-9)10(6-15-13)5-14-11(8-18)7-16-17-14/h2-4,6-8,15H,5H2,1H3,(H,16,17). The lowest BCUT2D eigenvalue weighted by atomic mass is 10.1. The van der Waals surface area contributed by atoms with Crippen molar-refractivity contribution in [1.29, 1.82) is 0 Å². The molecule has 0 bridgehead atoms. The summed E-state index contributed by atoms with van der Waals surface area (Å²) in [5, 5.41) is 7.98. The van der Waals surface area contributed by atoms with Crippen LogP contribution in [0.2, 0.25) is 0 Å². The van der Waals surface area contributed by atoms with Crippen LogP contribution in [-0.4, -0.2) is 21.5 Å². The number of H-pyrrole nitrogens is 2. The number of carbonyl (C=O) groups is 1. The van der Waals surface area contributed by atoms with Crippen molar-refractivity contribution >= 4 is 17.2 Å². The summed E-state index contributed by atoms with van der Waals surface area (Å²) in [6.45, 7) is 2.07. The second-order valence-corrected chi connectivity index (χ2v) is 4.46. The molecule has 3 rings (SSSR count). The van der Waals surface area contributed by atoms with E-state index in [-0.39, 0.29) is 0 Å². The monoisotopic (exact) mass is 239 g/mol. The minimum absolute atomic E-state index is 0.622.